The highest BCUT2D eigenvalue weighted by molar-refractivity contribution is 7.47. The van der Waals surface area contributed by atoms with Crippen molar-refractivity contribution in [1.29, 1.82) is 0 Å². The van der Waals surface area contributed by atoms with Crippen molar-refractivity contribution in [3.63, 3.8) is 0 Å². The van der Waals surface area contributed by atoms with Crippen LogP contribution in [0.5, 0.6) is 0 Å². The summed E-state index contributed by atoms with van der Waals surface area (Å²) in [5, 5.41) is 22.9. The van der Waals surface area contributed by atoms with E-state index in [4.69, 9.17) is 9.05 Å². The lowest BCUT2D eigenvalue weighted by Gasteiger charge is -2.25. The second-order valence-corrected chi connectivity index (χ2v) is 12.1. The molecule has 4 N–H and O–H groups in total. The van der Waals surface area contributed by atoms with Crippen molar-refractivity contribution >= 4 is 19.6 Å². The van der Waals surface area contributed by atoms with Crippen molar-refractivity contribution < 1.29 is 38.3 Å². The predicted molar refractivity (Wildman–Crippen MR) is 135 cm³/mol. The molecule has 0 aromatic rings. The zero-order valence-corrected chi connectivity index (χ0v) is 23.1. The summed E-state index contributed by atoms with van der Waals surface area (Å²) in [6.45, 7) is 8.49. The van der Waals surface area contributed by atoms with Gasteiger partial charge in [-0.1, -0.05) is 40.5 Å². The summed E-state index contributed by atoms with van der Waals surface area (Å²) in [4.78, 5) is 38.5. The number of phosphoric acid groups is 1. The van der Waals surface area contributed by atoms with Gasteiger partial charge in [0.25, 0.3) is 0 Å². The van der Waals surface area contributed by atoms with Gasteiger partial charge < -0.3 is 30.2 Å². The SMILES string of the molecule is CC(C)CCCCC(=O)N1C[C@@H](O)C[C@H]1COP(=O)(O)O[C@H]1C[C@H](CO)N(C(=O)CCNC(C)C)C1. The smallest absolute Gasteiger partial charge is 0.394 e. The van der Waals surface area contributed by atoms with Crippen LogP contribution in [0.25, 0.3) is 0 Å². The number of likely N-dealkylation sites (tertiary alicyclic amines) is 2. The maximum Gasteiger partial charge on any atom is 0.472 e. The molecular formula is C24H46N3O8P. The number of aliphatic hydroxyl groups excluding tert-OH is 2. The van der Waals surface area contributed by atoms with Crippen LogP contribution in [0, 0.1) is 5.92 Å². The van der Waals surface area contributed by atoms with Crippen LogP contribution in [0.1, 0.15) is 72.6 Å². The van der Waals surface area contributed by atoms with Gasteiger partial charge in [0.15, 0.2) is 0 Å². The number of unbranched alkanes of at least 4 members (excludes halogenated alkanes) is 1. The Morgan fingerprint density at radius 2 is 1.69 bits per heavy atom. The fourth-order valence-electron chi connectivity index (χ4n) is 4.77. The predicted octanol–water partition coefficient (Wildman–Crippen LogP) is 1.65. The van der Waals surface area contributed by atoms with Crippen molar-refractivity contribution in [1.82, 2.24) is 15.1 Å². The Morgan fingerprint density at radius 3 is 2.33 bits per heavy atom. The van der Waals surface area contributed by atoms with Gasteiger partial charge in [0.05, 0.1) is 37.5 Å². The number of rotatable bonds is 15. The van der Waals surface area contributed by atoms with Crippen molar-refractivity contribution in [2.24, 2.45) is 5.92 Å². The van der Waals surface area contributed by atoms with E-state index < -0.39 is 32.1 Å². The largest absolute Gasteiger partial charge is 0.472 e. The number of carbonyl (C=O) groups excluding carboxylic acids is 2. The molecule has 210 valence electrons. The molecule has 2 saturated heterocycles. The van der Waals surface area contributed by atoms with Crippen molar-refractivity contribution in [2.45, 2.75) is 103 Å². The summed E-state index contributed by atoms with van der Waals surface area (Å²) in [5.41, 5.74) is 0. The summed E-state index contributed by atoms with van der Waals surface area (Å²) < 4.78 is 23.2. The number of hydrogen-bond donors (Lipinski definition) is 4. The first-order valence-corrected chi connectivity index (χ1v) is 14.7. The Morgan fingerprint density at radius 1 is 1.03 bits per heavy atom. The highest BCUT2D eigenvalue weighted by Crippen LogP contribution is 2.47. The van der Waals surface area contributed by atoms with E-state index in [2.05, 4.69) is 19.2 Å². The molecule has 0 aromatic heterocycles. The number of carbonyl (C=O) groups is 2. The molecule has 2 heterocycles. The van der Waals surface area contributed by atoms with E-state index in [1.54, 1.807) is 0 Å². The molecule has 0 aromatic carbocycles. The first kappa shape index (κ1) is 31.1. The second kappa shape index (κ2) is 14.8. The number of nitrogens with one attached hydrogen (secondary N) is 1. The molecule has 11 nitrogen and oxygen atoms in total. The molecule has 0 spiro atoms. The van der Waals surface area contributed by atoms with E-state index in [1.165, 1.54) is 9.80 Å². The Kier molecular flexibility index (Phi) is 12.8. The molecule has 12 heteroatoms. The lowest BCUT2D eigenvalue weighted by Crippen LogP contribution is -2.39. The topological polar surface area (TPSA) is 149 Å². The lowest BCUT2D eigenvalue weighted by molar-refractivity contribution is -0.133. The van der Waals surface area contributed by atoms with Crippen molar-refractivity contribution in [2.75, 3.05) is 32.8 Å². The van der Waals surface area contributed by atoms with Crippen LogP contribution in [0.3, 0.4) is 0 Å². The van der Waals surface area contributed by atoms with E-state index in [1.807, 2.05) is 13.8 Å². The third-order valence-electron chi connectivity index (χ3n) is 6.65. The van der Waals surface area contributed by atoms with Gasteiger partial charge in [-0.15, -0.1) is 0 Å². The molecule has 5 atom stereocenters. The molecule has 0 aliphatic carbocycles. The monoisotopic (exact) mass is 535 g/mol. The van der Waals surface area contributed by atoms with Gasteiger partial charge in [-0.05, 0) is 25.2 Å². The van der Waals surface area contributed by atoms with Crippen LogP contribution in [0.2, 0.25) is 0 Å². The first-order valence-electron chi connectivity index (χ1n) is 13.2. The summed E-state index contributed by atoms with van der Waals surface area (Å²) >= 11 is 0. The summed E-state index contributed by atoms with van der Waals surface area (Å²) in [6, 6.07) is -0.757. The fraction of sp³-hybridized carbons (Fsp3) is 0.917. The lowest BCUT2D eigenvalue weighted by atomic mass is 10.1. The van der Waals surface area contributed by atoms with E-state index >= 15 is 0 Å². The average molecular weight is 536 g/mol. The van der Waals surface area contributed by atoms with Crippen LogP contribution in [-0.2, 0) is 23.2 Å². The third kappa shape index (κ3) is 10.4. The van der Waals surface area contributed by atoms with Gasteiger partial charge in [0.2, 0.25) is 11.8 Å². The third-order valence-corrected chi connectivity index (χ3v) is 7.69. The zero-order chi connectivity index (χ0) is 26.9. The van der Waals surface area contributed by atoms with Gasteiger partial charge in [-0.25, -0.2) is 4.57 Å². The molecule has 2 aliphatic heterocycles. The molecular weight excluding hydrogens is 489 g/mol. The number of hydrogen-bond acceptors (Lipinski definition) is 8. The van der Waals surface area contributed by atoms with Crippen LogP contribution < -0.4 is 5.32 Å². The molecule has 2 rings (SSSR count). The summed E-state index contributed by atoms with van der Waals surface area (Å²) in [7, 11) is -4.49. The molecule has 2 aliphatic rings. The van der Waals surface area contributed by atoms with Gasteiger partial charge in [0.1, 0.15) is 0 Å². The molecule has 2 amide bonds. The molecule has 36 heavy (non-hydrogen) atoms. The van der Waals surface area contributed by atoms with Gasteiger partial charge in [-0.2, -0.15) is 0 Å². The minimum Gasteiger partial charge on any atom is -0.394 e. The normalized spacial score (nSPS) is 26.2. The van der Waals surface area contributed by atoms with Gasteiger partial charge in [0, 0.05) is 38.5 Å². The average Bonchev–Trinajstić information content (AvgIpc) is 3.37. The second-order valence-electron chi connectivity index (χ2n) is 10.7. The van der Waals surface area contributed by atoms with E-state index in [-0.39, 0.29) is 63.4 Å². The maximum absolute atomic E-state index is 12.7. The van der Waals surface area contributed by atoms with Crippen molar-refractivity contribution in [3.8, 4) is 0 Å². The number of phosphoric ester groups is 1. The molecule has 1 unspecified atom stereocenters. The number of nitrogens with zero attached hydrogens (tertiary/aromatic N) is 2. The van der Waals surface area contributed by atoms with Crippen LogP contribution in [0.15, 0.2) is 0 Å². The maximum atomic E-state index is 12.7. The highest BCUT2D eigenvalue weighted by Gasteiger charge is 2.41. The Labute approximate surface area is 215 Å². The van der Waals surface area contributed by atoms with E-state index in [9.17, 15) is 29.3 Å². The fourth-order valence-corrected chi connectivity index (χ4v) is 5.72. The van der Waals surface area contributed by atoms with E-state index in [0.717, 1.165) is 19.3 Å². The molecule has 0 radical (unpaired) electrons. The first-order chi connectivity index (χ1) is 16.9. The zero-order valence-electron chi connectivity index (χ0n) is 22.2. The molecule has 0 saturated carbocycles. The standard InChI is InChI=1S/C24H46N3O8P/c1-17(2)7-5-6-8-23(30)26-13-21(29)11-20(26)16-34-36(32,33)35-22-12-19(15-28)27(14-22)24(31)9-10-25-18(3)4/h17-22,25,28-29H,5-16H2,1-4H3,(H,32,33)/t19-,20+,21+,22+/m1/s1. The van der Waals surface area contributed by atoms with Crippen LogP contribution in [0.4, 0.5) is 0 Å². The van der Waals surface area contributed by atoms with Crippen LogP contribution in [-0.4, -0.2) is 99.9 Å². The molecule has 0 bridgehead atoms. The number of β-amino-alcohol motifs (C(OH)–C–C–N with tert-alkyl or cyclic N) is 1. The minimum absolute atomic E-state index is 0.0861. The number of amides is 2. The summed E-state index contributed by atoms with van der Waals surface area (Å²) in [6.07, 6.45) is 2.39. The van der Waals surface area contributed by atoms with Gasteiger partial charge in [-0.3, -0.25) is 18.6 Å². The Bertz CT molecular complexity index is 753. The highest BCUT2D eigenvalue weighted by atomic mass is 31.2. The minimum atomic E-state index is -4.49. The quantitative estimate of drug-likeness (QED) is 0.181. The van der Waals surface area contributed by atoms with Crippen molar-refractivity contribution in [3.05, 3.63) is 0 Å². The molecule has 2 fully saturated rings. The van der Waals surface area contributed by atoms with Gasteiger partial charge >= 0.3 is 7.82 Å². The number of aliphatic hydroxyl groups is 2. The summed E-state index contributed by atoms with van der Waals surface area (Å²) in [5.74, 6) is 0.318. The van der Waals surface area contributed by atoms with Crippen LogP contribution >= 0.6 is 7.82 Å². The Hall–Kier alpha value is -1.07. The van der Waals surface area contributed by atoms with E-state index in [0.29, 0.717) is 18.9 Å². The Balaban J connectivity index is 1.84.